The monoisotopic (exact) mass is 145 g/mol. The molecule has 0 aliphatic heterocycles. The summed E-state index contributed by atoms with van der Waals surface area (Å²) in [6.45, 7) is 5.82. The molecule has 0 aliphatic rings. The molecule has 1 atom stereocenters. The third-order valence-electron chi connectivity index (χ3n) is 1.50. The quantitative estimate of drug-likeness (QED) is 0.575. The van der Waals surface area contributed by atoms with Crippen LogP contribution < -0.4 is 5.73 Å². The second-order valence-electron chi connectivity index (χ2n) is 2.60. The Morgan fingerprint density at radius 3 is 2.60 bits per heavy atom. The van der Waals surface area contributed by atoms with Crippen LogP contribution in [0.4, 0.5) is 0 Å². The van der Waals surface area contributed by atoms with E-state index in [0.29, 0.717) is 0 Å². The van der Waals surface area contributed by atoms with E-state index in [2.05, 4.69) is 13.8 Å². The van der Waals surface area contributed by atoms with Gasteiger partial charge in [0.25, 0.3) is 0 Å². The van der Waals surface area contributed by atoms with Gasteiger partial charge in [0.1, 0.15) is 0 Å². The lowest BCUT2D eigenvalue weighted by Crippen LogP contribution is -2.25. The van der Waals surface area contributed by atoms with E-state index < -0.39 is 0 Å². The van der Waals surface area contributed by atoms with E-state index >= 15 is 0 Å². The molecule has 0 heterocycles. The topological polar surface area (TPSA) is 35.2 Å². The summed E-state index contributed by atoms with van der Waals surface area (Å²) < 4.78 is 5.30. The second kappa shape index (κ2) is 7.03. The molecule has 0 fully saturated rings. The Kier molecular flexibility index (Phi) is 6.98. The number of hydrogen-bond donors (Lipinski definition) is 1. The molecule has 0 amide bonds. The minimum atomic E-state index is 0.233. The van der Waals surface area contributed by atoms with Gasteiger partial charge in [-0.05, 0) is 12.8 Å². The molecule has 2 nitrogen and oxygen atoms in total. The molecule has 10 heavy (non-hydrogen) atoms. The molecule has 0 aromatic heterocycles. The number of unbranched alkanes of at least 4 members (excludes halogenated alkanes) is 1. The third-order valence-corrected chi connectivity index (χ3v) is 1.50. The second-order valence-corrected chi connectivity index (χ2v) is 2.60. The number of hydrogen-bond acceptors (Lipinski definition) is 2. The van der Waals surface area contributed by atoms with Gasteiger partial charge in [-0.15, -0.1) is 0 Å². The largest absolute Gasteiger partial charge is 0.380 e. The minimum Gasteiger partial charge on any atom is -0.380 e. The van der Waals surface area contributed by atoms with Gasteiger partial charge in [0.15, 0.2) is 0 Å². The van der Waals surface area contributed by atoms with Crippen molar-refractivity contribution in [1.29, 1.82) is 0 Å². The first-order chi connectivity index (χ1) is 4.81. The van der Waals surface area contributed by atoms with Gasteiger partial charge >= 0.3 is 0 Å². The Morgan fingerprint density at radius 2 is 2.10 bits per heavy atom. The van der Waals surface area contributed by atoms with Gasteiger partial charge in [0.05, 0.1) is 6.61 Å². The fraction of sp³-hybridized carbons (Fsp3) is 1.00. The highest BCUT2D eigenvalue weighted by Gasteiger charge is 1.96. The molecule has 62 valence electrons. The molecule has 0 spiro atoms. The van der Waals surface area contributed by atoms with E-state index in [1.807, 2.05) is 0 Å². The fourth-order valence-corrected chi connectivity index (χ4v) is 0.599. The molecule has 0 bridgehead atoms. The van der Waals surface area contributed by atoms with Gasteiger partial charge in [-0.2, -0.15) is 0 Å². The van der Waals surface area contributed by atoms with Crippen LogP contribution in [0.1, 0.15) is 33.1 Å². The maximum atomic E-state index is 5.63. The molecular weight excluding hydrogens is 126 g/mol. The zero-order valence-corrected chi connectivity index (χ0v) is 7.10. The summed E-state index contributed by atoms with van der Waals surface area (Å²) >= 11 is 0. The van der Waals surface area contributed by atoms with E-state index in [9.17, 15) is 0 Å². The van der Waals surface area contributed by atoms with Gasteiger partial charge in [-0.3, -0.25) is 0 Å². The van der Waals surface area contributed by atoms with Crippen molar-refractivity contribution in [3.63, 3.8) is 0 Å². The van der Waals surface area contributed by atoms with Crippen molar-refractivity contribution in [3.8, 4) is 0 Å². The van der Waals surface area contributed by atoms with Crippen molar-refractivity contribution in [1.82, 2.24) is 0 Å². The summed E-state index contributed by atoms with van der Waals surface area (Å²) in [4.78, 5) is 0. The Hall–Kier alpha value is -0.0800. The van der Waals surface area contributed by atoms with Crippen LogP contribution in [-0.2, 0) is 4.74 Å². The first-order valence-corrected chi connectivity index (χ1v) is 4.14. The van der Waals surface area contributed by atoms with E-state index in [1.165, 1.54) is 6.42 Å². The van der Waals surface area contributed by atoms with Crippen LogP contribution in [0.15, 0.2) is 0 Å². The highest BCUT2D eigenvalue weighted by molar-refractivity contribution is 4.54. The lowest BCUT2D eigenvalue weighted by molar-refractivity contribution is 0.117. The standard InChI is InChI=1S/C8H19NO/c1-3-5-6-10-7-8(9)4-2/h8H,3-7,9H2,1-2H3. The Labute approximate surface area is 63.7 Å². The predicted octanol–water partition coefficient (Wildman–Crippen LogP) is 1.54. The van der Waals surface area contributed by atoms with Crippen molar-refractivity contribution in [2.75, 3.05) is 13.2 Å². The van der Waals surface area contributed by atoms with Gasteiger partial charge < -0.3 is 10.5 Å². The third kappa shape index (κ3) is 6.05. The van der Waals surface area contributed by atoms with E-state index in [1.54, 1.807) is 0 Å². The van der Waals surface area contributed by atoms with Crippen LogP contribution in [-0.4, -0.2) is 19.3 Å². The maximum Gasteiger partial charge on any atom is 0.0617 e. The minimum absolute atomic E-state index is 0.233. The normalized spacial score (nSPS) is 13.5. The highest BCUT2D eigenvalue weighted by Crippen LogP contribution is 1.91. The van der Waals surface area contributed by atoms with Crippen LogP contribution in [0.5, 0.6) is 0 Å². The molecule has 0 saturated carbocycles. The first-order valence-electron chi connectivity index (χ1n) is 4.14. The van der Waals surface area contributed by atoms with Crippen LogP contribution in [0.2, 0.25) is 0 Å². The average molecular weight is 145 g/mol. The van der Waals surface area contributed by atoms with Gasteiger partial charge in [0, 0.05) is 12.6 Å². The zero-order chi connectivity index (χ0) is 7.82. The molecular formula is C8H19NO. The SMILES string of the molecule is CCCCOCC(N)CC. The van der Waals surface area contributed by atoms with Crippen molar-refractivity contribution in [3.05, 3.63) is 0 Å². The van der Waals surface area contributed by atoms with Crippen LogP contribution in [0.25, 0.3) is 0 Å². The van der Waals surface area contributed by atoms with Crippen molar-refractivity contribution in [2.24, 2.45) is 5.73 Å². The Morgan fingerprint density at radius 1 is 1.40 bits per heavy atom. The average Bonchev–Trinajstić information content (AvgIpc) is 1.98. The predicted molar refractivity (Wildman–Crippen MR) is 44.0 cm³/mol. The summed E-state index contributed by atoms with van der Waals surface area (Å²) in [6.07, 6.45) is 3.35. The fourth-order valence-electron chi connectivity index (χ4n) is 0.599. The molecule has 1 unspecified atom stereocenters. The van der Waals surface area contributed by atoms with Gasteiger partial charge in [-0.1, -0.05) is 20.3 Å². The number of nitrogens with two attached hydrogens (primary N) is 1. The molecule has 0 aromatic carbocycles. The number of ether oxygens (including phenoxy) is 1. The zero-order valence-electron chi connectivity index (χ0n) is 7.10. The molecule has 2 heteroatoms. The van der Waals surface area contributed by atoms with Gasteiger partial charge in [-0.25, -0.2) is 0 Å². The van der Waals surface area contributed by atoms with Gasteiger partial charge in [0.2, 0.25) is 0 Å². The molecule has 0 aromatic rings. The highest BCUT2D eigenvalue weighted by atomic mass is 16.5. The maximum absolute atomic E-state index is 5.63. The lowest BCUT2D eigenvalue weighted by Gasteiger charge is -2.08. The molecule has 0 radical (unpaired) electrons. The van der Waals surface area contributed by atoms with E-state index in [-0.39, 0.29) is 6.04 Å². The van der Waals surface area contributed by atoms with Crippen LogP contribution in [0, 0.1) is 0 Å². The molecule has 0 saturated heterocycles. The van der Waals surface area contributed by atoms with Crippen molar-refractivity contribution < 1.29 is 4.74 Å². The number of rotatable bonds is 6. The van der Waals surface area contributed by atoms with E-state index in [4.69, 9.17) is 10.5 Å². The first kappa shape index (κ1) is 9.92. The summed E-state index contributed by atoms with van der Waals surface area (Å²) in [6, 6.07) is 0.233. The molecule has 0 aliphatic carbocycles. The summed E-state index contributed by atoms with van der Waals surface area (Å²) in [5.41, 5.74) is 5.63. The molecule has 2 N–H and O–H groups in total. The summed E-state index contributed by atoms with van der Waals surface area (Å²) in [5.74, 6) is 0. The lowest BCUT2D eigenvalue weighted by atomic mass is 10.3. The smallest absolute Gasteiger partial charge is 0.0617 e. The van der Waals surface area contributed by atoms with E-state index in [0.717, 1.165) is 26.1 Å². The van der Waals surface area contributed by atoms with Crippen molar-refractivity contribution in [2.45, 2.75) is 39.2 Å². The Bertz CT molecular complexity index is 66.3. The van der Waals surface area contributed by atoms with Crippen molar-refractivity contribution >= 4 is 0 Å². The molecule has 0 rings (SSSR count). The Balaban J connectivity index is 2.89. The summed E-state index contributed by atoms with van der Waals surface area (Å²) in [7, 11) is 0. The van der Waals surface area contributed by atoms with Crippen LogP contribution >= 0.6 is 0 Å². The summed E-state index contributed by atoms with van der Waals surface area (Å²) in [5, 5.41) is 0. The van der Waals surface area contributed by atoms with Crippen LogP contribution in [0.3, 0.4) is 0 Å².